The van der Waals surface area contributed by atoms with Crippen molar-refractivity contribution < 1.29 is 9.05 Å². The lowest BCUT2D eigenvalue weighted by atomic mass is 10.2. The van der Waals surface area contributed by atoms with E-state index in [0.29, 0.717) is 16.5 Å². The highest BCUT2D eigenvalue weighted by molar-refractivity contribution is 7.82. The highest BCUT2D eigenvalue weighted by Gasteiger charge is 2.03. The van der Waals surface area contributed by atoms with Crippen molar-refractivity contribution in [2.75, 3.05) is 0 Å². The van der Waals surface area contributed by atoms with Crippen LogP contribution in [0.3, 0.4) is 0 Å². The maximum absolute atomic E-state index is 11.8. The molecule has 2 aromatic carbocycles. The average molecular weight is 282 g/mol. The number of rotatable bonds is 5. The molecule has 1 unspecified atom stereocenters. The third kappa shape index (κ3) is 3.92. The van der Waals surface area contributed by atoms with E-state index in [2.05, 4.69) is 4.89 Å². The fourth-order valence-corrected chi connectivity index (χ4v) is 2.12. The third-order valence-electron chi connectivity index (χ3n) is 2.24. The number of halogens is 1. The Morgan fingerprint density at radius 3 is 2.39 bits per heavy atom. The van der Waals surface area contributed by atoms with E-state index in [1.165, 1.54) is 0 Å². The SMILES string of the molecule is O=S(NOCc1ccccc1)c1ccc(Cl)cc1. The van der Waals surface area contributed by atoms with Crippen molar-refractivity contribution in [3.8, 4) is 0 Å². The minimum Gasteiger partial charge on any atom is -0.284 e. The summed E-state index contributed by atoms with van der Waals surface area (Å²) >= 11 is 5.75. The Morgan fingerprint density at radius 1 is 1.06 bits per heavy atom. The normalized spacial score (nSPS) is 12.3. The van der Waals surface area contributed by atoms with Gasteiger partial charge >= 0.3 is 0 Å². The molecular weight excluding hydrogens is 270 g/mol. The molecule has 5 heteroatoms. The molecule has 3 nitrogen and oxygen atoms in total. The van der Waals surface area contributed by atoms with Gasteiger partial charge in [0.15, 0.2) is 0 Å². The highest BCUT2D eigenvalue weighted by Crippen LogP contribution is 2.11. The molecule has 0 saturated carbocycles. The van der Waals surface area contributed by atoms with Gasteiger partial charge in [-0.2, -0.15) is 0 Å². The smallest absolute Gasteiger partial charge is 0.148 e. The van der Waals surface area contributed by atoms with Gasteiger partial charge in [0, 0.05) is 5.02 Å². The van der Waals surface area contributed by atoms with E-state index in [1.54, 1.807) is 24.3 Å². The van der Waals surface area contributed by atoms with Crippen LogP contribution in [0.1, 0.15) is 5.56 Å². The van der Waals surface area contributed by atoms with Gasteiger partial charge in [0.2, 0.25) is 0 Å². The molecule has 0 spiro atoms. The van der Waals surface area contributed by atoms with Gasteiger partial charge in [0.1, 0.15) is 11.0 Å². The summed E-state index contributed by atoms with van der Waals surface area (Å²) in [6, 6.07) is 16.4. The topological polar surface area (TPSA) is 38.3 Å². The highest BCUT2D eigenvalue weighted by atomic mass is 35.5. The molecule has 0 aliphatic rings. The molecule has 0 fully saturated rings. The van der Waals surface area contributed by atoms with E-state index in [0.717, 1.165) is 5.56 Å². The molecule has 18 heavy (non-hydrogen) atoms. The Bertz CT molecular complexity index is 516. The summed E-state index contributed by atoms with van der Waals surface area (Å²) in [5, 5.41) is 0.612. The second-order valence-corrected chi connectivity index (χ2v) is 5.19. The molecule has 0 heterocycles. The van der Waals surface area contributed by atoms with Crippen LogP contribution in [0.25, 0.3) is 0 Å². The minimum atomic E-state index is -1.40. The number of hydrogen-bond acceptors (Lipinski definition) is 2. The largest absolute Gasteiger partial charge is 0.284 e. The third-order valence-corrected chi connectivity index (χ3v) is 3.47. The number of hydrogen-bond donors (Lipinski definition) is 1. The zero-order valence-electron chi connectivity index (χ0n) is 9.51. The summed E-state index contributed by atoms with van der Waals surface area (Å²) < 4.78 is 11.8. The standard InChI is InChI=1S/C13H12ClNO2S/c14-12-6-8-13(9-7-12)18(16)15-17-10-11-4-2-1-3-5-11/h1-9,15H,10H2. The van der Waals surface area contributed by atoms with Crippen LogP contribution in [-0.4, -0.2) is 4.21 Å². The van der Waals surface area contributed by atoms with Crippen LogP contribution >= 0.6 is 11.6 Å². The van der Waals surface area contributed by atoms with Crippen LogP contribution in [-0.2, 0) is 22.4 Å². The molecule has 0 saturated heterocycles. The first-order chi connectivity index (χ1) is 8.75. The van der Waals surface area contributed by atoms with Crippen molar-refractivity contribution in [1.29, 1.82) is 0 Å². The average Bonchev–Trinajstić information content (AvgIpc) is 2.40. The van der Waals surface area contributed by atoms with E-state index in [9.17, 15) is 4.21 Å². The van der Waals surface area contributed by atoms with E-state index >= 15 is 0 Å². The Kier molecular flexibility index (Phi) is 4.90. The zero-order valence-corrected chi connectivity index (χ0v) is 11.1. The van der Waals surface area contributed by atoms with Crippen molar-refractivity contribution >= 4 is 22.6 Å². The lowest BCUT2D eigenvalue weighted by Crippen LogP contribution is -2.17. The fourth-order valence-electron chi connectivity index (χ4n) is 1.35. The van der Waals surface area contributed by atoms with Gasteiger partial charge in [-0.15, -0.1) is 4.89 Å². The van der Waals surface area contributed by atoms with Crippen molar-refractivity contribution in [2.24, 2.45) is 0 Å². The Balaban J connectivity index is 1.84. The van der Waals surface area contributed by atoms with Crippen molar-refractivity contribution in [3.63, 3.8) is 0 Å². The van der Waals surface area contributed by atoms with Gasteiger partial charge in [0.25, 0.3) is 0 Å². The monoisotopic (exact) mass is 281 g/mol. The molecule has 0 aromatic heterocycles. The first kappa shape index (κ1) is 13.2. The molecule has 0 amide bonds. The quantitative estimate of drug-likeness (QED) is 0.856. The van der Waals surface area contributed by atoms with Gasteiger partial charge < -0.3 is 0 Å². The summed E-state index contributed by atoms with van der Waals surface area (Å²) in [7, 11) is -1.40. The molecule has 0 radical (unpaired) electrons. The Hall–Kier alpha value is -1.20. The number of nitrogens with one attached hydrogen (secondary N) is 1. The molecule has 2 rings (SSSR count). The summed E-state index contributed by atoms with van der Waals surface area (Å²) in [5.41, 5.74) is 1.01. The van der Waals surface area contributed by atoms with Crippen LogP contribution in [0.15, 0.2) is 59.5 Å². The Labute approximate surface area is 113 Å². The summed E-state index contributed by atoms with van der Waals surface area (Å²) in [4.78, 5) is 8.30. The first-order valence-corrected chi connectivity index (χ1v) is 6.87. The second kappa shape index (κ2) is 6.66. The number of benzene rings is 2. The Morgan fingerprint density at radius 2 is 1.72 bits per heavy atom. The lowest BCUT2D eigenvalue weighted by molar-refractivity contribution is 0.0833. The maximum atomic E-state index is 11.8. The van der Waals surface area contributed by atoms with Crippen molar-refractivity contribution in [1.82, 2.24) is 4.89 Å². The predicted octanol–water partition coefficient (Wildman–Crippen LogP) is 3.08. The molecule has 94 valence electrons. The van der Waals surface area contributed by atoms with Gasteiger partial charge in [0.05, 0.1) is 11.5 Å². The lowest BCUT2D eigenvalue weighted by Gasteiger charge is -2.05. The van der Waals surface area contributed by atoms with Crippen LogP contribution in [0.2, 0.25) is 5.02 Å². The molecule has 2 aromatic rings. The van der Waals surface area contributed by atoms with Gasteiger partial charge in [-0.25, -0.2) is 4.21 Å². The molecule has 0 aliphatic carbocycles. The summed E-state index contributed by atoms with van der Waals surface area (Å²) in [5.74, 6) is 0. The van der Waals surface area contributed by atoms with Crippen LogP contribution < -0.4 is 4.89 Å². The maximum Gasteiger partial charge on any atom is 0.148 e. The van der Waals surface area contributed by atoms with Crippen LogP contribution in [0.4, 0.5) is 0 Å². The van der Waals surface area contributed by atoms with Gasteiger partial charge in [-0.05, 0) is 29.8 Å². The molecule has 0 bridgehead atoms. The van der Waals surface area contributed by atoms with E-state index in [1.807, 2.05) is 30.3 Å². The predicted molar refractivity (Wildman–Crippen MR) is 72.2 cm³/mol. The van der Waals surface area contributed by atoms with Crippen molar-refractivity contribution in [3.05, 3.63) is 65.2 Å². The second-order valence-electron chi connectivity index (χ2n) is 3.58. The van der Waals surface area contributed by atoms with Crippen LogP contribution in [0.5, 0.6) is 0 Å². The molecular formula is C13H12ClNO2S. The first-order valence-electron chi connectivity index (χ1n) is 5.34. The van der Waals surface area contributed by atoms with E-state index in [4.69, 9.17) is 16.4 Å². The van der Waals surface area contributed by atoms with Crippen molar-refractivity contribution in [2.45, 2.75) is 11.5 Å². The van der Waals surface area contributed by atoms with Gasteiger partial charge in [-0.1, -0.05) is 41.9 Å². The molecule has 0 aliphatic heterocycles. The summed E-state index contributed by atoms with van der Waals surface area (Å²) in [6.07, 6.45) is 0. The van der Waals surface area contributed by atoms with E-state index < -0.39 is 11.0 Å². The fraction of sp³-hybridized carbons (Fsp3) is 0.0769. The zero-order chi connectivity index (χ0) is 12.8. The summed E-state index contributed by atoms with van der Waals surface area (Å²) in [6.45, 7) is 0.361. The minimum absolute atomic E-state index is 0.361. The van der Waals surface area contributed by atoms with E-state index in [-0.39, 0.29) is 0 Å². The van der Waals surface area contributed by atoms with Crippen LogP contribution in [0, 0.1) is 0 Å². The van der Waals surface area contributed by atoms with Gasteiger partial charge in [-0.3, -0.25) is 4.84 Å². The molecule has 1 atom stereocenters. The molecule has 1 N–H and O–H groups in total.